The summed E-state index contributed by atoms with van der Waals surface area (Å²) >= 11 is 0. The summed E-state index contributed by atoms with van der Waals surface area (Å²) in [4.78, 5) is 57.1. The maximum absolute atomic E-state index is 14.3. The molecule has 0 radical (unpaired) electrons. The summed E-state index contributed by atoms with van der Waals surface area (Å²) in [5.41, 5.74) is 0.277. The van der Waals surface area contributed by atoms with Crippen LogP contribution >= 0.6 is 0 Å². The van der Waals surface area contributed by atoms with Crippen molar-refractivity contribution in [1.82, 2.24) is 0 Å². The Morgan fingerprint density at radius 3 is 0.753 bits per heavy atom. The number of nitrogens with zero attached hydrogens (tertiary/aromatic N) is 8. The summed E-state index contributed by atoms with van der Waals surface area (Å²) in [7, 11) is -5.09. The van der Waals surface area contributed by atoms with E-state index in [1.165, 1.54) is 0 Å². The van der Waals surface area contributed by atoms with Crippen LogP contribution in [-0.4, -0.2) is 58.8 Å². The summed E-state index contributed by atoms with van der Waals surface area (Å²) in [5, 5.41) is 16.3. The number of hydrogen-bond acceptors (Lipinski definition) is 12. The quantitative estimate of drug-likeness (QED) is 0.0316. The molecule has 0 saturated heterocycles. The van der Waals surface area contributed by atoms with Crippen molar-refractivity contribution in [2.45, 2.75) is 158 Å². The first-order valence-corrected chi connectivity index (χ1v) is 30.0. The zero-order valence-electron chi connectivity index (χ0n) is 47.0. The first-order chi connectivity index (χ1) is 37.5. The number of ether oxygens (including phenoxy) is 4. The lowest BCUT2D eigenvalue weighted by molar-refractivity contribution is 0.0983. The lowest BCUT2D eigenvalue weighted by Gasteiger charge is -2.17. The Balaban J connectivity index is 1.90. The molecule has 0 aromatic heterocycles. The standard InChI is InChI=1S/C60H84N8O8Si/c1-9-17-29-45(13-5)41-73-53-37-25-21-33-49(53)57(69)61-65-77(66-62-58(70)50-34-22-26-38-54(50)74-42-46(14-6)30-18-10-2,67-63-59(71)51-35-23-27-39-55(51)75-43-47(15-7)31-19-11-3)68-64-60(72)52-36-24-28-40-56(52)76-44-48(16-8)32-20-12-4/h21-28,33-40,45-48H,9-20,29-32,41-44H2,1-8H3. The maximum atomic E-state index is 14.3. The predicted molar refractivity (Wildman–Crippen MR) is 303 cm³/mol. The van der Waals surface area contributed by atoms with Crippen molar-refractivity contribution < 1.29 is 38.1 Å². The fourth-order valence-electron chi connectivity index (χ4n) is 8.29. The zero-order valence-corrected chi connectivity index (χ0v) is 48.0. The summed E-state index contributed by atoms with van der Waals surface area (Å²) in [6, 6.07) is 26.5. The van der Waals surface area contributed by atoms with E-state index < -0.39 is 32.3 Å². The molecule has 16 nitrogen and oxygen atoms in total. The van der Waals surface area contributed by atoms with Crippen LogP contribution in [0.15, 0.2) is 137 Å². The molecule has 4 aromatic carbocycles. The van der Waals surface area contributed by atoms with Crippen molar-refractivity contribution in [3.05, 3.63) is 119 Å². The van der Waals surface area contributed by atoms with E-state index in [1.54, 1.807) is 97.1 Å². The van der Waals surface area contributed by atoms with Crippen LogP contribution in [0, 0.1) is 23.7 Å². The molecule has 416 valence electrons. The van der Waals surface area contributed by atoms with Crippen molar-refractivity contribution in [3.8, 4) is 23.0 Å². The van der Waals surface area contributed by atoms with E-state index in [4.69, 9.17) is 18.9 Å². The monoisotopic (exact) mass is 1070 g/mol. The number of rotatable bonds is 36. The lowest BCUT2D eigenvalue weighted by Crippen LogP contribution is -2.26. The number of carbonyl (C=O) groups excluding carboxylic acids is 4. The molecule has 17 heteroatoms. The largest absolute Gasteiger partial charge is 0.652 e. The number of amides is 4. The summed E-state index contributed by atoms with van der Waals surface area (Å²) in [5.74, 6) is -1.40. The fourth-order valence-corrected chi connectivity index (χ4v) is 9.43. The number of hydrogen-bond donors (Lipinski definition) is 0. The van der Waals surface area contributed by atoms with Gasteiger partial charge in [-0.3, -0.25) is 19.2 Å². The molecule has 4 rings (SSSR count). The van der Waals surface area contributed by atoms with Gasteiger partial charge in [-0.1, -0.05) is 181 Å². The Labute approximate surface area is 458 Å². The molecule has 0 aliphatic rings. The average molecular weight is 1070 g/mol. The molecule has 0 saturated carbocycles. The Morgan fingerprint density at radius 2 is 0.558 bits per heavy atom. The molecule has 0 spiro atoms. The third-order valence-corrected chi connectivity index (χ3v) is 15.1. The molecular formula is C60H84N8O8Si. The number of unbranched alkanes of at least 4 members (excludes halogenated alkanes) is 4. The topological polar surface area (TPSA) is 204 Å². The van der Waals surface area contributed by atoms with E-state index in [1.807, 2.05) is 0 Å². The predicted octanol–water partition coefficient (Wildman–Crippen LogP) is 17.0. The molecule has 0 N–H and O–H groups in total. The van der Waals surface area contributed by atoms with Crippen molar-refractivity contribution in [1.29, 1.82) is 0 Å². The molecule has 4 unspecified atom stereocenters. The van der Waals surface area contributed by atoms with Gasteiger partial charge < -0.3 is 18.9 Å². The van der Waals surface area contributed by atoms with E-state index >= 15 is 0 Å². The van der Waals surface area contributed by atoms with Crippen molar-refractivity contribution in [3.63, 3.8) is 0 Å². The molecule has 77 heavy (non-hydrogen) atoms. The van der Waals surface area contributed by atoms with Crippen molar-refractivity contribution in [2.75, 3.05) is 26.4 Å². The third-order valence-electron chi connectivity index (χ3n) is 13.6. The summed E-state index contributed by atoms with van der Waals surface area (Å²) in [6.45, 7) is 18.4. The highest BCUT2D eigenvalue weighted by atomic mass is 28.4. The van der Waals surface area contributed by atoms with Crippen LogP contribution in [0.4, 0.5) is 0 Å². The minimum Gasteiger partial charge on any atom is -0.492 e. The van der Waals surface area contributed by atoms with Gasteiger partial charge in [-0.15, -0.1) is 39.6 Å². The van der Waals surface area contributed by atoms with E-state index in [0.717, 1.165) is 103 Å². The summed E-state index contributed by atoms with van der Waals surface area (Å²) < 4.78 is 42.2. The van der Waals surface area contributed by atoms with Gasteiger partial charge in [0.2, 0.25) is 0 Å². The van der Waals surface area contributed by atoms with Crippen LogP contribution in [0.3, 0.4) is 0 Å². The molecule has 4 amide bonds. The fraction of sp³-hybridized carbons (Fsp3) is 0.533. The molecular weight excluding hydrogens is 989 g/mol. The van der Waals surface area contributed by atoms with Gasteiger partial charge in [-0.2, -0.15) is 0 Å². The van der Waals surface area contributed by atoms with Crippen LogP contribution in [0.5, 0.6) is 23.0 Å². The van der Waals surface area contributed by atoms with Gasteiger partial charge in [-0.05, 0) is 97.9 Å². The zero-order chi connectivity index (χ0) is 55.7. The second-order valence-corrected chi connectivity index (χ2v) is 21.5. The van der Waals surface area contributed by atoms with Crippen LogP contribution in [0.1, 0.15) is 200 Å². The smallest absolute Gasteiger partial charge is 0.492 e. The highest BCUT2D eigenvalue weighted by Crippen LogP contribution is 2.29. The Bertz CT molecular complexity index is 2210. The first kappa shape index (κ1) is 62.9. The number of para-hydroxylation sites is 4. The molecule has 0 fully saturated rings. The molecule has 4 atom stereocenters. The van der Waals surface area contributed by atoms with E-state index in [-0.39, 0.29) is 68.9 Å². The van der Waals surface area contributed by atoms with Crippen LogP contribution in [0.2, 0.25) is 0 Å². The van der Waals surface area contributed by atoms with E-state index in [9.17, 15) is 19.2 Å². The molecule has 4 aromatic rings. The normalized spacial score (nSPS) is 14.1. The Kier molecular flexibility index (Phi) is 29.1. The second-order valence-electron chi connectivity index (χ2n) is 19.5. The molecule has 0 aliphatic carbocycles. The minimum absolute atomic E-state index is 0.0692. The van der Waals surface area contributed by atoms with Gasteiger partial charge in [0.15, 0.2) is 0 Å². The van der Waals surface area contributed by atoms with Gasteiger partial charge in [0, 0.05) is 0 Å². The van der Waals surface area contributed by atoms with Gasteiger partial charge >= 0.3 is 8.72 Å². The molecule has 0 bridgehead atoms. The molecule has 0 heterocycles. The summed E-state index contributed by atoms with van der Waals surface area (Å²) in [6.07, 6.45) is 15.8. The van der Waals surface area contributed by atoms with E-state index in [2.05, 4.69) is 95.0 Å². The van der Waals surface area contributed by atoms with Gasteiger partial charge in [0.05, 0.1) is 48.7 Å². The van der Waals surface area contributed by atoms with Crippen molar-refractivity contribution >= 4 is 32.3 Å². The Hall–Kier alpha value is -6.62. The van der Waals surface area contributed by atoms with Gasteiger partial charge in [-0.25, -0.2) is 0 Å². The highest BCUT2D eigenvalue weighted by molar-refractivity contribution is 6.72. The van der Waals surface area contributed by atoms with Crippen molar-refractivity contribution in [2.24, 2.45) is 63.2 Å². The van der Waals surface area contributed by atoms with Crippen LogP contribution < -0.4 is 18.9 Å². The highest BCUT2D eigenvalue weighted by Gasteiger charge is 2.42. The number of carbonyl (C=O) groups is 4. The first-order valence-electron chi connectivity index (χ1n) is 28.2. The Morgan fingerprint density at radius 1 is 0.351 bits per heavy atom. The second kappa shape index (κ2) is 35.7. The lowest BCUT2D eigenvalue weighted by atomic mass is 10.0. The third kappa shape index (κ3) is 21.4. The number of benzene rings is 4. The average Bonchev–Trinajstić information content (AvgIpc) is 3.47. The van der Waals surface area contributed by atoms with Crippen LogP contribution in [0.25, 0.3) is 0 Å². The maximum Gasteiger partial charge on any atom is 0.652 e. The molecule has 0 aliphatic heterocycles. The van der Waals surface area contributed by atoms with Crippen LogP contribution in [-0.2, 0) is 0 Å². The van der Waals surface area contributed by atoms with Gasteiger partial charge in [0.25, 0.3) is 23.6 Å². The van der Waals surface area contributed by atoms with E-state index in [0.29, 0.717) is 26.4 Å². The van der Waals surface area contributed by atoms with Gasteiger partial charge in [0.1, 0.15) is 23.0 Å². The SMILES string of the molecule is CCCCC(CC)COc1ccccc1C(=O)N=N[Si](N=NC(=O)c1ccccc1OCC(CC)CCCC)(N=NC(=O)c1ccccc1OCC(CC)CCCC)N=NC(=O)c1ccccc1OCC(CC)CCCC. The minimum atomic E-state index is -5.09.